The van der Waals surface area contributed by atoms with Crippen molar-refractivity contribution >= 4 is 0 Å². The first-order chi connectivity index (χ1) is 9.16. The van der Waals surface area contributed by atoms with Crippen LogP contribution in [0, 0.1) is 6.92 Å². The molecule has 1 unspecified atom stereocenters. The molecule has 0 bridgehead atoms. The van der Waals surface area contributed by atoms with Crippen LogP contribution in [0.5, 0.6) is 5.75 Å². The average Bonchev–Trinajstić information content (AvgIpc) is 2.89. The van der Waals surface area contributed by atoms with E-state index in [2.05, 4.69) is 0 Å². The van der Waals surface area contributed by atoms with Crippen molar-refractivity contribution in [2.45, 2.75) is 51.7 Å². The highest BCUT2D eigenvalue weighted by Gasteiger charge is 2.15. The van der Waals surface area contributed by atoms with Crippen LogP contribution in [0.25, 0.3) is 0 Å². The smallest absolute Gasteiger partial charge is 0.125 e. The number of hydrogen-bond acceptors (Lipinski definition) is 3. The Balaban J connectivity index is 1.81. The monoisotopic (exact) mass is 264 g/mol. The minimum Gasteiger partial charge on any atom is -0.493 e. The Kier molecular flexibility index (Phi) is 5.23. The van der Waals surface area contributed by atoms with Crippen molar-refractivity contribution in [3.63, 3.8) is 0 Å². The minimum absolute atomic E-state index is 0.429. The van der Waals surface area contributed by atoms with Gasteiger partial charge >= 0.3 is 0 Å². The van der Waals surface area contributed by atoms with Crippen LogP contribution in [-0.2, 0) is 4.74 Å². The molecule has 1 saturated heterocycles. The molecule has 3 nitrogen and oxygen atoms in total. The highest BCUT2D eigenvalue weighted by Crippen LogP contribution is 2.26. The molecule has 2 rings (SSSR count). The average molecular weight is 264 g/mol. The van der Waals surface area contributed by atoms with Crippen LogP contribution in [0.15, 0.2) is 18.2 Å². The molecule has 19 heavy (non-hydrogen) atoms. The number of benzene rings is 1. The molecule has 1 aromatic rings. The van der Waals surface area contributed by atoms with Crippen molar-refractivity contribution in [1.82, 2.24) is 0 Å². The first kappa shape index (κ1) is 14.4. The fourth-order valence-electron chi connectivity index (χ4n) is 2.49. The van der Waals surface area contributed by atoms with Crippen LogP contribution in [0.3, 0.4) is 0 Å². The summed E-state index contributed by atoms with van der Waals surface area (Å²) in [4.78, 5) is 0. The van der Waals surface area contributed by atoms with Crippen molar-refractivity contribution in [2.75, 3.05) is 13.2 Å². The molecule has 1 aliphatic heterocycles. The molecule has 1 aromatic carbocycles. The zero-order valence-electron chi connectivity index (χ0n) is 11.9. The van der Waals surface area contributed by atoms with Crippen LogP contribution >= 0.6 is 0 Å². The Morgan fingerprint density at radius 2 is 2.32 bits per heavy atom. The first-order valence-corrected chi connectivity index (χ1v) is 7.20. The predicted octanol–water partition coefficient (Wildman–Crippen LogP) is 3.39. The second-order valence-corrected chi connectivity index (χ2v) is 5.34. The van der Waals surface area contributed by atoms with E-state index in [0.29, 0.717) is 12.7 Å². The van der Waals surface area contributed by atoms with E-state index in [4.69, 9.17) is 9.47 Å². The van der Waals surface area contributed by atoms with Gasteiger partial charge in [0.25, 0.3) is 0 Å². The largest absolute Gasteiger partial charge is 0.493 e. The Labute approximate surface area is 115 Å². The topological polar surface area (TPSA) is 38.7 Å². The number of aryl methyl sites for hydroxylation is 1. The van der Waals surface area contributed by atoms with E-state index in [0.717, 1.165) is 36.3 Å². The summed E-state index contributed by atoms with van der Waals surface area (Å²) in [7, 11) is 0. The van der Waals surface area contributed by atoms with Crippen molar-refractivity contribution in [1.29, 1.82) is 0 Å². The second kappa shape index (κ2) is 6.92. The van der Waals surface area contributed by atoms with Gasteiger partial charge in [0.1, 0.15) is 5.75 Å². The van der Waals surface area contributed by atoms with Gasteiger partial charge in [-0.25, -0.2) is 0 Å². The number of rotatable bonds is 6. The predicted molar refractivity (Wildman–Crippen MR) is 75.5 cm³/mol. The fraction of sp³-hybridized carbons (Fsp3) is 0.625. The van der Waals surface area contributed by atoms with Crippen molar-refractivity contribution in [3.8, 4) is 5.75 Å². The Hall–Kier alpha value is -1.06. The molecule has 0 aromatic heterocycles. The fourth-order valence-corrected chi connectivity index (χ4v) is 2.49. The maximum Gasteiger partial charge on any atom is 0.125 e. The molecule has 0 saturated carbocycles. The molecule has 0 aliphatic carbocycles. The third kappa shape index (κ3) is 4.22. The van der Waals surface area contributed by atoms with Gasteiger partial charge in [-0.3, -0.25) is 0 Å². The van der Waals surface area contributed by atoms with Crippen molar-refractivity contribution in [2.24, 2.45) is 0 Å². The van der Waals surface area contributed by atoms with Crippen LogP contribution < -0.4 is 4.74 Å². The Bertz CT molecular complexity index is 395. The zero-order valence-corrected chi connectivity index (χ0v) is 11.9. The lowest BCUT2D eigenvalue weighted by molar-refractivity contribution is 0.0978. The van der Waals surface area contributed by atoms with Gasteiger partial charge in [-0.2, -0.15) is 0 Å². The third-order valence-electron chi connectivity index (χ3n) is 3.57. The molecular formula is C16H24O3. The lowest BCUT2D eigenvalue weighted by Gasteiger charge is -2.15. The Morgan fingerprint density at radius 3 is 3.00 bits per heavy atom. The molecule has 1 aliphatic rings. The molecule has 2 atom stereocenters. The SMILES string of the molecule is Cc1ccc(OCCCC2CCCO2)c([C@@H](C)O)c1. The summed E-state index contributed by atoms with van der Waals surface area (Å²) in [5.41, 5.74) is 2.01. The molecule has 0 radical (unpaired) electrons. The molecule has 0 spiro atoms. The molecule has 1 fully saturated rings. The van der Waals surface area contributed by atoms with Gasteiger partial charge in [0.15, 0.2) is 0 Å². The van der Waals surface area contributed by atoms with Gasteiger partial charge in [0.2, 0.25) is 0 Å². The lowest BCUT2D eigenvalue weighted by Crippen LogP contribution is -2.08. The van der Waals surface area contributed by atoms with Crippen molar-refractivity contribution in [3.05, 3.63) is 29.3 Å². The van der Waals surface area contributed by atoms with Gasteiger partial charge in [-0.05, 0) is 51.7 Å². The summed E-state index contributed by atoms with van der Waals surface area (Å²) in [5.74, 6) is 0.799. The summed E-state index contributed by atoms with van der Waals surface area (Å²) >= 11 is 0. The van der Waals surface area contributed by atoms with E-state index in [1.165, 1.54) is 12.8 Å². The Morgan fingerprint density at radius 1 is 1.47 bits per heavy atom. The van der Waals surface area contributed by atoms with Gasteiger partial charge in [-0.15, -0.1) is 0 Å². The highest BCUT2D eigenvalue weighted by molar-refractivity contribution is 5.38. The van der Waals surface area contributed by atoms with Gasteiger partial charge < -0.3 is 14.6 Å². The molecular weight excluding hydrogens is 240 g/mol. The van der Waals surface area contributed by atoms with E-state index in [1.807, 2.05) is 25.1 Å². The molecule has 1 N–H and O–H groups in total. The number of aliphatic hydroxyl groups excluding tert-OH is 1. The van der Waals surface area contributed by atoms with E-state index in [1.54, 1.807) is 6.92 Å². The third-order valence-corrected chi connectivity index (χ3v) is 3.57. The summed E-state index contributed by atoms with van der Waals surface area (Å²) in [6, 6.07) is 5.95. The number of hydrogen-bond donors (Lipinski definition) is 1. The van der Waals surface area contributed by atoms with E-state index < -0.39 is 6.10 Å². The zero-order chi connectivity index (χ0) is 13.7. The number of ether oxygens (including phenoxy) is 2. The van der Waals surface area contributed by atoms with Crippen molar-refractivity contribution < 1.29 is 14.6 Å². The van der Waals surface area contributed by atoms with Crippen LogP contribution in [0.4, 0.5) is 0 Å². The van der Waals surface area contributed by atoms with E-state index in [-0.39, 0.29) is 0 Å². The normalized spacial score (nSPS) is 20.5. The quantitative estimate of drug-likeness (QED) is 0.800. The first-order valence-electron chi connectivity index (χ1n) is 7.20. The summed E-state index contributed by atoms with van der Waals surface area (Å²) in [6.07, 6.45) is 4.37. The molecule has 106 valence electrons. The molecule has 0 amide bonds. The standard InChI is InChI=1S/C16H24O3/c1-12-7-8-16(15(11-12)13(2)17)19-10-4-6-14-5-3-9-18-14/h7-8,11,13-14,17H,3-6,9-10H2,1-2H3/t13-,14?/m1/s1. The van der Waals surface area contributed by atoms with E-state index in [9.17, 15) is 5.11 Å². The van der Waals surface area contributed by atoms with Crippen LogP contribution in [0.2, 0.25) is 0 Å². The molecule has 1 heterocycles. The highest BCUT2D eigenvalue weighted by atomic mass is 16.5. The summed E-state index contributed by atoms with van der Waals surface area (Å²) in [5, 5.41) is 9.76. The van der Waals surface area contributed by atoms with Crippen LogP contribution in [0.1, 0.15) is 49.8 Å². The van der Waals surface area contributed by atoms with Crippen LogP contribution in [-0.4, -0.2) is 24.4 Å². The lowest BCUT2D eigenvalue weighted by atomic mass is 10.1. The number of aliphatic hydroxyl groups is 1. The minimum atomic E-state index is -0.493. The second-order valence-electron chi connectivity index (χ2n) is 5.34. The van der Waals surface area contributed by atoms with E-state index >= 15 is 0 Å². The van der Waals surface area contributed by atoms with Gasteiger partial charge in [0, 0.05) is 12.2 Å². The van der Waals surface area contributed by atoms with Gasteiger partial charge in [-0.1, -0.05) is 11.6 Å². The summed E-state index contributed by atoms with van der Waals surface area (Å²) in [6.45, 7) is 5.39. The maximum atomic E-state index is 9.76. The maximum absolute atomic E-state index is 9.76. The summed E-state index contributed by atoms with van der Waals surface area (Å²) < 4.78 is 11.4. The van der Waals surface area contributed by atoms with Gasteiger partial charge in [0.05, 0.1) is 18.8 Å². The molecule has 3 heteroatoms.